The van der Waals surface area contributed by atoms with Gasteiger partial charge in [0.05, 0.1) is 21.6 Å². The fourth-order valence-corrected chi connectivity index (χ4v) is 7.51. The zero-order chi connectivity index (χ0) is 30.4. The van der Waals surface area contributed by atoms with Crippen LogP contribution < -0.4 is 10.4 Å². The van der Waals surface area contributed by atoms with Crippen LogP contribution in [0.25, 0.3) is 11.0 Å². The number of carbonyl (C=O) groups is 2. The summed E-state index contributed by atoms with van der Waals surface area (Å²) in [5, 5.41) is 11.5. The van der Waals surface area contributed by atoms with E-state index >= 15 is 0 Å². The van der Waals surface area contributed by atoms with Gasteiger partial charge in [-0.1, -0.05) is 31.8 Å². The molecule has 2 aromatic carbocycles. The van der Waals surface area contributed by atoms with E-state index in [1.165, 1.54) is 27.3 Å². The van der Waals surface area contributed by atoms with Crippen molar-refractivity contribution < 1.29 is 27.7 Å². The molecule has 0 bridgehead atoms. The molecule has 1 fully saturated rings. The van der Waals surface area contributed by atoms with Gasteiger partial charge in [0.2, 0.25) is 5.91 Å². The van der Waals surface area contributed by atoms with Crippen molar-refractivity contribution in [1.29, 1.82) is 0 Å². The first-order valence-corrected chi connectivity index (χ1v) is 18.9. The lowest BCUT2D eigenvalue weighted by Gasteiger charge is -2.31. The maximum absolute atomic E-state index is 13.7. The maximum Gasteiger partial charge on any atom is 0.329 e. The van der Waals surface area contributed by atoms with Crippen molar-refractivity contribution in [2.45, 2.75) is 68.9 Å². The van der Waals surface area contributed by atoms with Gasteiger partial charge in [-0.15, -0.1) is 0 Å². The molecule has 15 heteroatoms. The van der Waals surface area contributed by atoms with E-state index in [4.69, 9.17) is 4.74 Å². The van der Waals surface area contributed by atoms with E-state index in [0.717, 1.165) is 23.1 Å². The topological polar surface area (TPSA) is 163 Å². The molecule has 1 atom stereocenters. The number of hydrogen-bond acceptors (Lipinski definition) is 8. The standard InChI is InChI=1S/C27H33N5O8SSi/c1-42(2,3)16-15-40-17-30-24(33)13-12-22(26(30)34)31-21-11-10-19(18-7-6-14-29(25(18)21)27(31)35)28-41(38,39)23-9-5-4-8-20(23)32(36)37/h4-5,8-11,22,28H,6-7,12-17H2,1-3H3. The monoisotopic (exact) mass is 615 g/mol. The second kappa shape index (κ2) is 11.1. The molecule has 3 aromatic rings. The first-order valence-electron chi connectivity index (χ1n) is 13.7. The van der Waals surface area contributed by atoms with Crippen LogP contribution in [0.5, 0.6) is 0 Å². The summed E-state index contributed by atoms with van der Waals surface area (Å²) in [5.74, 6) is -0.861. The number of carbonyl (C=O) groups excluding carboxylic acids is 2. The summed E-state index contributed by atoms with van der Waals surface area (Å²) in [5.41, 5.74) is 0.739. The summed E-state index contributed by atoms with van der Waals surface area (Å²) in [4.78, 5) is 51.2. The van der Waals surface area contributed by atoms with Crippen LogP contribution in [-0.4, -0.2) is 60.6 Å². The van der Waals surface area contributed by atoms with Crippen LogP contribution in [0.15, 0.2) is 46.1 Å². The number of nitrogens with zero attached hydrogens (tertiary/aromatic N) is 4. The molecule has 0 spiro atoms. The number of amides is 2. The van der Waals surface area contributed by atoms with Crippen molar-refractivity contribution in [1.82, 2.24) is 14.0 Å². The van der Waals surface area contributed by atoms with Crippen molar-refractivity contribution in [2.75, 3.05) is 18.1 Å². The molecular formula is C27H33N5O8SSi. The fraction of sp³-hybridized carbons (Fsp3) is 0.444. The highest BCUT2D eigenvalue weighted by Gasteiger charge is 2.38. The average molecular weight is 616 g/mol. The van der Waals surface area contributed by atoms with Crippen LogP contribution in [0.2, 0.25) is 25.7 Å². The second-order valence-corrected chi connectivity index (χ2v) is 19.0. The number of likely N-dealkylation sites (tertiary alicyclic amines) is 1. The molecule has 1 aromatic heterocycles. The molecule has 42 heavy (non-hydrogen) atoms. The average Bonchev–Trinajstić information content (AvgIpc) is 3.21. The molecule has 0 radical (unpaired) electrons. The number of nitro groups is 1. The second-order valence-electron chi connectivity index (χ2n) is 11.8. The molecule has 0 aliphatic carbocycles. The molecular weight excluding hydrogens is 582 g/mol. The van der Waals surface area contributed by atoms with E-state index in [1.807, 2.05) is 0 Å². The van der Waals surface area contributed by atoms with Crippen LogP contribution in [-0.2, 0) is 37.3 Å². The van der Waals surface area contributed by atoms with Crippen molar-refractivity contribution in [3.05, 3.63) is 62.6 Å². The molecule has 3 heterocycles. The van der Waals surface area contributed by atoms with Gasteiger partial charge in [-0.3, -0.25) is 38.5 Å². The highest BCUT2D eigenvalue weighted by Crippen LogP contribution is 2.35. The number of para-hydroxylation sites is 1. The Kier molecular flexibility index (Phi) is 7.85. The molecule has 5 rings (SSSR count). The molecule has 1 unspecified atom stereocenters. The van der Waals surface area contributed by atoms with Crippen LogP contribution in [0.3, 0.4) is 0 Å². The lowest BCUT2D eigenvalue weighted by molar-refractivity contribution is -0.387. The molecule has 13 nitrogen and oxygen atoms in total. The van der Waals surface area contributed by atoms with Gasteiger partial charge in [0.15, 0.2) is 4.90 Å². The number of ether oxygens (including phenoxy) is 1. The van der Waals surface area contributed by atoms with E-state index in [-0.39, 0.29) is 31.2 Å². The zero-order valence-corrected chi connectivity index (χ0v) is 25.5. The predicted octanol–water partition coefficient (Wildman–Crippen LogP) is 3.46. The van der Waals surface area contributed by atoms with Gasteiger partial charge < -0.3 is 4.74 Å². The van der Waals surface area contributed by atoms with Crippen LogP contribution in [0, 0.1) is 10.1 Å². The normalized spacial score (nSPS) is 17.6. The summed E-state index contributed by atoms with van der Waals surface area (Å²) in [7, 11) is -5.71. The van der Waals surface area contributed by atoms with Crippen LogP contribution >= 0.6 is 0 Å². The summed E-state index contributed by atoms with van der Waals surface area (Å²) in [6, 6.07) is 8.10. The van der Waals surface area contributed by atoms with E-state index in [1.54, 1.807) is 6.07 Å². The Labute approximate surface area is 243 Å². The zero-order valence-electron chi connectivity index (χ0n) is 23.7. The number of aromatic nitrogens is 2. The van der Waals surface area contributed by atoms with Gasteiger partial charge in [0.25, 0.3) is 21.6 Å². The Balaban J connectivity index is 1.49. The summed E-state index contributed by atoms with van der Waals surface area (Å²) in [6.07, 6.45) is 1.23. The van der Waals surface area contributed by atoms with Crippen LogP contribution in [0.1, 0.15) is 30.9 Å². The number of hydrogen-bond donors (Lipinski definition) is 1. The van der Waals surface area contributed by atoms with Gasteiger partial charge in [-0.05, 0) is 43.5 Å². The molecule has 0 saturated carbocycles. The molecule has 2 aliphatic heterocycles. The predicted molar refractivity (Wildman–Crippen MR) is 158 cm³/mol. The lowest BCUT2D eigenvalue weighted by atomic mass is 10.0. The minimum atomic E-state index is -4.34. The quantitative estimate of drug-likeness (QED) is 0.119. The number of nitrogens with one attached hydrogen (secondary N) is 1. The number of rotatable bonds is 10. The molecule has 2 amide bonds. The van der Waals surface area contributed by atoms with Crippen molar-refractivity contribution in [2.24, 2.45) is 0 Å². The number of anilines is 1. The lowest BCUT2D eigenvalue weighted by Crippen LogP contribution is -2.48. The van der Waals surface area contributed by atoms with E-state index < -0.39 is 51.2 Å². The number of imidazole rings is 1. The van der Waals surface area contributed by atoms with Gasteiger partial charge in [0.1, 0.15) is 12.8 Å². The van der Waals surface area contributed by atoms with Gasteiger partial charge >= 0.3 is 5.69 Å². The minimum Gasteiger partial charge on any atom is -0.361 e. The van der Waals surface area contributed by atoms with Crippen molar-refractivity contribution in [3.8, 4) is 0 Å². The van der Waals surface area contributed by atoms with Gasteiger partial charge in [0, 0.05) is 39.3 Å². The number of piperidine rings is 1. The van der Waals surface area contributed by atoms with Crippen LogP contribution in [0.4, 0.5) is 11.4 Å². The maximum atomic E-state index is 13.7. The smallest absolute Gasteiger partial charge is 0.329 e. The Morgan fingerprint density at radius 3 is 2.55 bits per heavy atom. The number of imide groups is 1. The molecule has 224 valence electrons. The van der Waals surface area contributed by atoms with Crippen molar-refractivity contribution in [3.63, 3.8) is 0 Å². The largest absolute Gasteiger partial charge is 0.361 e. The number of sulfonamides is 1. The Bertz CT molecular complexity index is 1760. The van der Waals surface area contributed by atoms with E-state index in [0.29, 0.717) is 42.6 Å². The third-order valence-corrected chi connectivity index (χ3v) is 10.8. The first-order chi connectivity index (χ1) is 19.8. The molecule has 2 aliphatic rings. The SMILES string of the molecule is C[Si](C)(C)CCOCN1C(=O)CCC(n2c(=O)n3c4c(c(NS(=O)(=O)c5ccccc5[N+](=O)[O-])ccc42)CCC3)C1=O. The summed E-state index contributed by atoms with van der Waals surface area (Å²) < 4.78 is 37.6. The first kappa shape index (κ1) is 29.7. The summed E-state index contributed by atoms with van der Waals surface area (Å²) in [6.45, 7) is 7.25. The number of nitro benzene ring substituents is 1. The third-order valence-electron chi connectivity index (χ3n) is 7.64. The Morgan fingerprint density at radius 2 is 1.83 bits per heavy atom. The summed E-state index contributed by atoms with van der Waals surface area (Å²) >= 11 is 0. The van der Waals surface area contributed by atoms with Crippen molar-refractivity contribution >= 4 is 52.3 Å². The molecule has 1 saturated heterocycles. The Morgan fingerprint density at radius 1 is 1.10 bits per heavy atom. The van der Waals surface area contributed by atoms with Gasteiger partial charge in [-0.2, -0.15) is 0 Å². The fourth-order valence-electron chi connectivity index (χ4n) is 5.49. The highest BCUT2D eigenvalue weighted by molar-refractivity contribution is 7.92. The minimum absolute atomic E-state index is 0.0769. The van der Waals surface area contributed by atoms with E-state index in [2.05, 4.69) is 24.4 Å². The number of benzene rings is 2. The van der Waals surface area contributed by atoms with Gasteiger partial charge in [-0.25, -0.2) is 13.2 Å². The third kappa shape index (κ3) is 5.50. The highest BCUT2D eigenvalue weighted by atomic mass is 32.2. The van der Waals surface area contributed by atoms with E-state index in [9.17, 15) is 32.9 Å². The Hall–Kier alpha value is -3.82. The molecule has 1 N–H and O–H groups in total. The number of aryl methyl sites for hydroxylation is 2.